The quantitative estimate of drug-likeness (QED) is 0.412. The molecule has 0 unspecified atom stereocenters. The van der Waals surface area contributed by atoms with Crippen LogP contribution in [0.3, 0.4) is 0 Å². The number of ether oxygens (including phenoxy) is 1. The molecule has 2 aromatic heterocycles. The monoisotopic (exact) mass is 287 g/mol. The predicted octanol–water partition coefficient (Wildman–Crippen LogP) is 2.77. The van der Waals surface area contributed by atoms with Crippen LogP contribution in [0.4, 0.5) is 0 Å². The summed E-state index contributed by atoms with van der Waals surface area (Å²) in [5.74, 6) is 0.228. The van der Waals surface area contributed by atoms with Crippen molar-refractivity contribution in [1.82, 2.24) is 14.5 Å². The number of esters is 1. The fourth-order valence-electron chi connectivity index (χ4n) is 2.27. The van der Waals surface area contributed by atoms with E-state index < -0.39 is 0 Å². The van der Waals surface area contributed by atoms with Crippen LogP contribution in [0.2, 0.25) is 0 Å². The standard InChI is InChI=1S/C14H13N3O2S/c1-8(18)19-11-7-17(2)13-10(11)5-4-9-6-15-14(20-3)16-12(9)13/h4-7H,1-3H3. The number of aromatic nitrogens is 3. The second-order valence-corrected chi connectivity index (χ2v) is 5.23. The maximum absolute atomic E-state index is 11.2. The Morgan fingerprint density at radius 1 is 1.40 bits per heavy atom. The highest BCUT2D eigenvalue weighted by Crippen LogP contribution is 2.32. The highest BCUT2D eigenvalue weighted by atomic mass is 32.2. The van der Waals surface area contributed by atoms with E-state index in [-0.39, 0.29) is 5.97 Å². The van der Waals surface area contributed by atoms with Gasteiger partial charge in [-0.3, -0.25) is 4.79 Å². The highest BCUT2D eigenvalue weighted by Gasteiger charge is 2.14. The van der Waals surface area contributed by atoms with Gasteiger partial charge >= 0.3 is 5.97 Å². The van der Waals surface area contributed by atoms with Gasteiger partial charge in [-0.05, 0) is 12.3 Å². The average molecular weight is 287 g/mol. The van der Waals surface area contributed by atoms with Crippen LogP contribution in [0.5, 0.6) is 5.75 Å². The van der Waals surface area contributed by atoms with E-state index in [9.17, 15) is 4.79 Å². The summed E-state index contributed by atoms with van der Waals surface area (Å²) in [5.41, 5.74) is 1.80. The summed E-state index contributed by atoms with van der Waals surface area (Å²) in [6, 6.07) is 3.87. The number of carbonyl (C=O) groups excluding carboxylic acids is 1. The molecule has 0 atom stereocenters. The van der Waals surface area contributed by atoms with Crippen molar-refractivity contribution in [3.8, 4) is 5.75 Å². The number of hydrogen-bond acceptors (Lipinski definition) is 5. The van der Waals surface area contributed by atoms with E-state index in [1.54, 1.807) is 6.20 Å². The molecule has 0 spiro atoms. The molecule has 0 saturated heterocycles. The number of thioether (sulfide) groups is 1. The van der Waals surface area contributed by atoms with Gasteiger partial charge in [0.05, 0.1) is 11.0 Å². The van der Waals surface area contributed by atoms with Crippen LogP contribution in [0, 0.1) is 0 Å². The zero-order valence-corrected chi connectivity index (χ0v) is 12.2. The Morgan fingerprint density at radius 3 is 2.90 bits per heavy atom. The summed E-state index contributed by atoms with van der Waals surface area (Å²) in [7, 11) is 1.91. The molecular formula is C14H13N3O2S. The van der Waals surface area contributed by atoms with Gasteiger partial charge in [0.25, 0.3) is 0 Å². The van der Waals surface area contributed by atoms with Crippen molar-refractivity contribution in [2.45, 2.75) is 12.1 Å². The third-order valence-electron chi connectivity index (χ3n) is 3.07. The summed E-state index contributed by atoms with van der Waals surface area (Å²) < 4.78 is 7.17. The first-order valence-corrected chi connectivity index (χ1v) is 7.30. The molecule has 0 radical (unpaired) electrons. The van der Waals surface area contributed by atoms with Gasteiger partial charge in [-0.25, -0.2) is 9.97 Å². The van der Waals surface area contributed by atoms with Gasteiger partial charge < -0.3 is 9.30 Å². The fourth-order valence-corrected chi connectivity index (χ4v) is 2.61. The summed E-state index contributed by atoms with van der Waals surface area (Å²) in [6.07, 6.45) is 5.55. The highest BCUT2D eigenvalue weighted by molar-refractivity contribution is 7.98. The number of hydrogen-bond donors (Lipinski definition) is 0. The molecule has 0 aliphatic heterocycles. The van der Waals surface area contributed by atoms with Crippen molar-refractivity contribution >= 4 is 39.5 Å². The van der Waals surface area contributed by atoms with Crippen molar-refractivity contribution in [2.75, 3.05) is 6.26 Å². The lowest BCUT2D eigenvalue weighted by molar-refractivity contribution is -0.131. The SMILES string of the molecule is CSc1ncc2ccc3c(OC(C)=O)cn(C)c3c2n1. The zero-order chi connectivity index (χ0) is 14.3. The molecule has 2 heterocycles. The van der Waals surface area contributed by atoms with E-state index in [4.69, 9.17) is 4.74 Å². The largest absolute Gasteiger partial charge is 0.424 e. The van der Waals surface area contributed by atoms with Gasteiger partial charge in [0, 0.05) is 37.1 Å². The molecule has 0 saturated carbocycles. The zero-order valence-electron chi connectivity index (χ0n) is 11.4. The van der Waals surface area contributed by atoms with Crippen LogP contribution in [-0.4, -0.2) is 26.8 Å². The summed E-state index contributed by atoms with van der Waals surface area (Å²) in [6.45, 7) is 1.40. The maximum Gasteiger partial charge on any atom is 0.308 e. The van der Waals surface area contributed by atoms with Crippen molar-refractivity contribution in [2.24, 2.45) is 7.05 Å². The van der Waals surface area contributed by atoms with Crippen molar-refractivity contribution in [3.05, 3.63) is 24.5 Å². The number of carbonyl (C=O) groups is 1. The van der Waals surface area contributed by atoms with Crippen LogP contribution in [-0.2, 0) is 11.8 Å². The normalized spacial score (nSPS) is 11.2. The van der Waals surface area contributed by atoms with Crippen LogP contribution in [0.25, 0.3) is 21.8 Å². The molecule has 0 fully saturated rings. The third kappa shape index (κ3) is 2.02. The predicted molar refractivity (Wildman–Crippen MR) is 79.1 cm³/mol. The van der Waals surface area contributed by atoms with Gasteiger partial charge in [-0.15, -0.1) is 0 Å². The first-order chi connectivity index (χ1) is 9.60. The molecule has 0 aliphatic carbocycles. The molecular weight excluding hydrogens is 274 g/mol. The summed E-state index contributed by atoms with van der Waals surface area (Å²) >= 11 is 1.50. The molecule has 3 rings (SSSR count). The minimum absolute atomic E-state index is 0.329. The number of aryl methyl sites for hydroxylation is 1. The van der Waals surface area contributed by atoms with Crippen LogP contribution in [0.15, 0.2) is 29.7 Å². The smallest absolute Gasteiger partial charge is 0.308 e. The minimum atomic E-state index is -0.329. The Morgan fingerprint density at radius 2 is 2.20 bits per heavy atom. The van der Waals surface area contributed by atoms with Crippen molar-refractivity contribution in [3.63, 3.8) is 0 Å². The number of nitrogens with zero attached hydrogens (tertiary/aromatic N) is 3. The third-order valence-corrected chi connectivity index (χ3v) is 3.63. The summed E-state index contributed by atoms with van der Waals surface area (Å²) in [5, 5.41) is 2.56. The Labute approximate surface area is 120 Å². The number of rotatable bonds is 2. The first-order valence-electron chi connectivity index (χ1n) is 6.07. The molecule has 20 heavy (non-hydrogen) atoms. The molecule has 6 heteroatoms. The Kier molecular flexibility index (Phi) is 3.10. The summed E-state index contributed by atoms with van der Waals surface area (Å²) in [4.78, 5) is 20.0. The van der Waals surface area contributed by atoms with Gasteiger partial charge in [0.15, 0.2) is 10.9 Å². The van der Waals surface area contributed by atoms with Crippen molar-refractivity contribution in [1.29, 1.82) is 0 Å². The van der Waals surface area contributed by atoms with E-state index in [1.807, 2.05) is 36.2 Å². The lowest BCUT2D eigenvalue weighted by atomic mass is 10.2. The number of benzene rings is 1. The van der Waals surface area contributed by atoms with Gasteiger partial charge in [0.1, 0.15) is 0 Å². The van der Waals surface area contributed by atoms with E-state index in [1.165, 1.54) is 18.7 Å². The number of fused-ring (bicyclic) bond motifs is 3. The Bertz CT molecular complexity index is 826. The van der Waals surface area contributed by atoms with Crippen molar-refractivity contribution < 1.29 is 9.53 Å². The Hall–Kier alpha value is -2.08. The van der Waals surface area contributed by atoms with Gasteiger partial charge in [-0.2, -0.15) is 0 Å². The van der Waals surface area contributed by atoms with Gasteiger partial charge in [-0.1, -0.05) is 17.8 Å². The topological polar surface area (TPSA) is 57.0 Å². The lowest BCUT2D eigenvalue weighted by Gasteiger charge is -2.03. The van der Waals surface area contributed by atoms with Crippen LogP contribution >= 0.6 is 11.8 Å². The lowest BCUT2D eigenvalue weighted by Crippen LogP contribution is -2.00. The second-order valence-electron chi connectivity index (χ2n) is 4.45. The van der Waals surface area contributed by atoms with E-state index in [2.05, 4.69) is 9.97 Å². The second kappa shape index (κ2) is 4.79. The molecule has 0 aliphatic rings. The molecule has 102 valence electrons. The molecule has 0 bridgehead atoms. The maximum atomic E-state index is 11.2. The van der Waals surface area contributed by atoms with Crippen LogP contribution < -0.4 is 4.74 Å². The van der Waals surface area contributed by atoms with E-state index in [0.717, 1.165) is 27.0 Å². The first kappa shape index (κ1) is 12.9. The van der Waals surface area contributed by atoms with Crippen LogP contribution in [0.1, 0.15) is 6.92 Å². The molecule has 5 nitrogen and oxygen atoms in total. The Balaban J connectivity index is 2.35. The average Bonchev–Trinajstić information content (AvgIpc) is 2.74. The molecule has 1 aromatic carbocycles. The molecule has 3 aromatic rings. The fraction of sp³-hybridized carbons (Fsp3) is 0.214. The molecule has 0 amide bonds. The molecule has 0 N–H and O–H groups in total. The van der Waals surface area contributed by atoms with Gasteiger partial charge in [0.2, 0.25) is 0 Å². The van der Waals surface area contributed by atoms with E-state index in [0.29, 0.717) is 5.75 Å². The van der Waals surface area contributed by atoms with E-state index >= 15 is 0 Å². The minimum Gasteiger partial charge on any atom is -0.424 e.